The number of aromatic amines is 1. The number of anilines is 1. The van der Waals surface area contributed by atoms with Gasteiger partial charge in [0.05, 0.1) is 12.2 Å². The van der Waals surface area contributed by atoms with Crippen LogP contribution in [0.15, 0.2) is 24.4 Å². The fraction of sp³-hybridized carbons (Fsp3) is 0.357. The van der Waals surface area contributed by atoms with E-state index in [-0.39, 0.29) is 12.6 Å². The van der Waals surface area contributed by atoms with Crippen molar-refractivity contribution in [3.63, 3.8) is 0 Å². The second-order valence-corrected chi connectivity index (χ2v) is 4.26. The van der Waals surface area contributed by atoms with Crippen LogP contribution in [-0.4, -0.2) is 30.8 Å². The monoisotopic (exact) mass is 262 g/mol. The van der Waals surface area contributed by atoms with Crippen molar-refractivity contribution in [1.29, 1.82) is 0 Å². The van der Waals surface area contributed by atoms with E-state index in [1.54, 1.807) is 18.3 Å². The lowest BCUT2D eigenvalue weighted by molar-refractivity contribution is 0.0320. The van der Waals surface area contributed by atoms with Gasteiger partial charge in [0.2, 0.25) is 0 Å². The number of hydrogen-bond acceptors (Lipinski definition) is 4. The zero-order chi connectivity index (χ0) is 13.7. The molecule has 1 heterocycles. The average Bonchev–Trinajstić information content (AvgIpc) is 2.81. The van der Waals surface area contributed by atoms with Crippen LogP contribution in [0.25, 0.3) is 10.9 Å². The van der Waals surface area contributed by atoms with Crippen molar-refractivity contribution >= 4 is 22.6 Å². The first-order valence-corrected chi connectivity index (χ1v) is 6.34. The highest BCUT2D eigenvalue weighted by Gasteiger charge is 2.13. The number of carbonyl (C=O) groups excluding carboxylic acids is 1. The summed E-state index contributed by atoms with van der Waals surface area (Å²) in [4.78, 5) is 14.9. The van der Waals surface area contributed by atoms with Crippen LogP contribution in [0, 0.1) is 0 Å². The molecule has 5 nitrogen and oxygen atoms in total. The number of H-pyrrole nitrogens is 1. The van der Waals surface area contributed by atoms with E-state index in [1.165, 1.54) is 0 Å². The van der Waals surface area contributed by atoms with Gasteiger partial charge in [-0.3, -0.25) is 0 Å². The van der Waals surface area contributed by atoms with Crippen LogP contribution in [0.1, 0.15) is 23.7 Å². The van der Waals surface area contributed by atoms with Crippen molar-refractivity contribution in [2.45, 2.75) is 13.3 Å². The number of nitrogen functional groups attached to an aromatic ring is 1. The predicted molar refractivity (Wildman–Crippen MR) is 74.1 cm³/mol. The largest absolute Gasteiger partial charge is 0.460 e. The summed E-state index contributed by atoms with van der Waals surface area (Å²) in [6, 6.07) is 5.36. The molecule has 5 heteroatoms. The van der Waals surface area contributed by atoms with Crippen LogP contribution in [0.4, 0.5) is 5.69 Å². The summed E-state index contributed by atoms with van der Waals surface area (Å²) in [5.41, 5.74) is 7.68. The Morgan fingerprint density at radius 2 is 2.16 bits per heavy atom. The van der Waals surface area contributed by atoms with E-state index in [9.17, 15) is 4.79 Å². The number of esters is 1. The maximum Gasteiger partial charge on any atom is 0.340 e. The van der Waals surface area contributed by atoms with Crippen LogP contribution in [0.5, 0.6) is 0 Å². The first kappa shape index (κ1) is 13.4. The van der Waals surface area contributed by atoms with Crippen LogP contribution in [0.3, 0.4) is 0 Å². The molecule has 0 aliphatic rings. The first-order chi connectivity index (χ1) is 9.22. The molecule has 2 rings (SSSR count). The van der Waals surface area contributed by atoms with Crippen molar-refractivity contribution in [2.24, 2.45) is 0 Å². The van der Waals surface area contributed by atoms with Gasteiger partial charge >= 0.3 is 5.97 Å². The SMILES string of the molecule is CCCOCCOC(=O)c1c[nH]c2cc(N)ccc12. The van der Waals surface area contributed by atoms with E-state index < -0.39 is 0 Å². The third kappa shape index (κ3) is 3.26. The normalized spacial score (nSPS) is 10.8. The van der Waals surface area contributed by atoms with Gasteiger partial charge in [-0.05, 0) is 24.6 Å². The summed E-state index contributed by atoms with van der Waals surface area (Å²) in [5, 5.41) is 0.814. The molecule has 0 bridgehead atoms. The third-order valence-electron chi connectivity index (χ3n) is 2.74. The fourth-order valence-electron chi connectivity index (χ4n) is 1.83. The summed E-state index contributed by atoms with van der Waals surface area (Å²) in [6.45, 7) is 3.41. The third-order valence-corrected chi connectivity index (χ3v) is 2.74. The lowest BCUT2D eigenvalue weighted by Gasteiger charge is -2.04. The number of benzene rings is 1. The highest BCUT2D eigenvalue weighted by atomic mass is 16.6. The van der Waals surface area contributed by atoms with Gasteiger partial charge in [-0.1, -0.05) is 6.92 Å². The number of ether oxygens (including phenoxy) is 2. The Balaban J connectivity index is 1.97. The second-order valence-electron chi connectivity index (χ2n) is 4.26. The molecule has 0 aliphatic carbocycles. The lowest BCUT2D eigenvalue weighted by atomic mass is 10.1. The number of carbonyl (C=O) groups is 1. The minimum absolute atomic E-state index is 0.264. The average molecular weight is 262 g/mol. The molecule has 0 fully saturated rings. The summed E-state index contributed by atoms with van der Waals surface area (Å²) < 4.78 is 10.4. The van der Waals surface area contributed by atoms with E-state index in [0.29, 0.717) is 24.5 Å². The van der Waals surface area contributed by atoms with Gasteiger partial charge in [-0.15, -0.1) is 0 Å². The number of nitrogens with one attached hydrogen (secondary N) is 1. The lowest BCUT2D eigenvalue weighted by Crippen LogP contribution is -2.10. The second kappa shape index (κ2) is 6.24. The molecule has 0 amide bonds. The molecule has 0 radical (unpaired) electrons. The highest BCUT2D eigenvalue weighted by molar-refractivity contribution is 6.04. The Bertz CT molecular complexity index is 563. The quantitative estimate of drug-likeness (QED) is 0.476. The van der Waals surface area contributed by atoms with Gasteiger partial charge < -0.3 is 20.2 Å². The predicted octanol–water partition coefficient (Wildman–Crippen LogP) is 2.33. The molecule has 3 N–H and O–H groups in total. The molecule has 0 atom stereocenters. The first-order valence-electron chi connectivity index (χ1n) is 6.34. The van der Waals surface area contributed by atoms with Crippen molar-refractivity contribution in [3.8, 4) is 0 Å². The molecule has 0 saturated heterocycles. The highest BCUT2D eigenvalue weighted by Crippen LogP contribution is 2.21. The van der Waals surface area contributed by atoms with Gasteiger partial charge in [-0.2, -0.15) is 0 Å². The molecular weight excluding hydrogens is 244 g/mol. The zero-order valence-electron chi connectivity index (χ0n) is 10.9. The standard InChI is InChI=1S/C14H18N2O3/c1-2-5-18-6-7-19-14(17)12-9-16-13-8-10(15)3-4-11(12)13/h3-4,8-9,16H,2,5-7,15H2,1H3. The van der Waals surface area contributed by atoms with E-state index in [1.807, 2.05) is 13.0 Å². The van der Waals surface area contributed by atoms with E-state index in [4.69, 9.17) is 15.2 Å². The minimum atomic E-state index is -0.351. The number of aromatic nitrogens is 1. The number of hydrogen-bond donors (Lipinski definition) is 2. The number of nitrogens with two attached hydrogens (primary N) is 1. The number of rotatable bonds is 6. The molecule has 2 aromatic rings. The smallest absolute Gasteiger partial charge is 0.340 e. The van der Waals surface area contributed by atoms with Gasteiger partial charge in [0.25, 0.3) is 0 Å². The molecule has 1 aromatic carbocycles. The Hall–Kier alpha value is -2.01. The Morgan fingerprint density at radius 3 is 2.95 bits per heavy atom. The minimum Gasteiger partial charge on any atom is -0.460 e. The van der Waals surface area contributed by atoms with Gasteiger partial charge in [0.15, 0.2) is 0 Å². The molecule has 0 unspecified atom stereocenters. The van der Waals surface area contributed by atoms with E-state index in [0.717, 1.165) is 17.3 Å². The molecule has 0 saturated carbocycles. The Morgan fingerprint density at radius 1 is 1.32 bits per heavy atom. The van der Waals surface area contributed by atoms with Crippen molar-refractivity contribution in [3.05, 3.63) is 30.0 Å². The van der Waals surface area contributed by atoms with Gasteiger partial charge in [0, 0.05) is 29.4 Å². The van der Waals surface area contributed by atoms with Crippen molar-refractivity contribution in [1.82, 2.24) is 4.98 Å². The van der Waals surface area contributed by atoms with E-state index in [2.05, 4.69) is 4.98 Å². The van der Waals surface area contributed by atoms with Gasteiger partial charge in [0.1, 0.15) is 6.61 Å². The van der Waals surface area contributed by atoms with E-state index >= 15 is 0 Å². The van der Waals surface area contributed by atoms with Crippen molar-refractivity contribution < 1.29 is 14.3 Å². The summed E-state index contributed by atoms with van der Waals surface area (Å²) in [7, 11) is 0. The molecular formula is C14H18N2O3. The summed E-state index contributed by atoms with van der Waals surface area (Å²) in [6.07, 6.45) is 2.59. The van der Waals surface area contributed by atoms with Crippen LogP contribution >= 0.6 is 0 Å². The molecule has 0 spiro atoms. The zero-order valence-corrected chi connectivity index (χ0v) is 10.9. The van der Waals surface area contributed by atoms with Crippen molar-refractivity contribution in [2.75, 3.05) is 25.6 Å². The summed E-state index contributed by atoms with van der Waals surface area (Å²) in [5.74, 6) is -0.351. The molecule has 102 valence electrons. The van der Waals surface area contributed by atoms with Crippen LogP contribution in [0.2, 0.25) is 0 Å². The fourth-order valence-corrected chi connectivity index (χ4v) is 1.83. The molecule has 1 aromatic heterocycles. The Kier molecular flexibility index (Phi) is 4.41. The number of fused-ring (bicyclic) bond motifs is 1. The topological polar surface area (TPSA) is 77.3 Å². The van der Waals surface area contributed by atoms with Crippen LogP contribution < -0.4 is 5.73 Å². The molecule has 0 aliphatic heterocycles. The Labute approximate surface area is 111 Å². The maximum atomic E-state index is 11.9. The van der Waals surface area contributed by atoms with Gasteiger partial charge in [-0.25, -0.2) is 4.79 Å². The maximum absolute atomic E-state index is 11.9. The van der Waals surface area contributed by atoms with Crippen LogP contribution in [-0.2, 0) is 9.47 Å². The summed E-state index contributed by atoms with van der Waals surface area (Å²) >= 11 is 0. The molecule has 19 heavy (non-hydrogen) atoms.